The molecule has 198 valence electrons. The fraction of sp³-hybridized carbons (Fsp3) is 0.185. The zero-order chi connectivity index (χ0) is 27.7. The van der Waals surface area contributed by atoms with Crippen LogP contribution < -0.4 is 20.3 Å². The van der Waals surface area contributed by atoms with Gasteiger partial charge in [-0.05, 0) is 55.3 Å². The highest BCUT2D eigenvalue weighted by Crippen LogP contribution is 2.34. The van der Waals surface area contributed by atoms with E-state index in [1.54, 1.807) is 19.1 Å². The number of halogens is 4. The van der Waals surface area contributed by atoms with E-state index in [9.17, 15) is 18.4 Å². The number of alkyl halides is 2. The fourth-order valence-electron chi connectivity index (χ4n) is 4.11. The van der Waals surface area contributed by atoms with E-state index in [2.05, 4.69) is 10.1 Å². The standard InChI is InChI=1S/C27H23F4N3O4/c1-14-6-5-7-21(15(14)2)34-26(36)23(32-25(35)16-8-10-17(11-9-16)38-27(30)31)24(33(34)3)22-19(28)12-18(37-4)13-20(22)29/h5-13,27H,1-4H3,(H,32,35). The molecule has 0 fully saturated rings. The number of amides is 1. The molecule has 1 N–H and O–H groups in total. The molecule has 4 aromatic rings. The van der Waals surface area contributed by atoms with Crippen molar-refractivity contribution in [1.29, 1.82) is 0 Å². The van der Waals surface area contributed by atoms with Crippen molar-refractivity contribution in [3.63, 3.8) is 0 Å². The van der Waals surface area contributed by atoms with Gasteiger partial charge in [0.05, 0.1) is 18.4 Å². The maximum atomic E-state index is 15.2. The summed E-state index contributed by atoms with van der Waals surface area (Å²) in [5.41, 5.74) is 0.161. The molecule has 0 spiro atoms. The molecule has 0 aliphatic rings. The van der Waals surface area contributed by atoms with Crippen LogP contribution >= 0.6 is 0 Å². The molecule has 0 saturated carbocycles. The SMILES string of the molecule is COc1cc(F)c(-c2c(NC(=O)c3ccc(OC(F)F)cc3)c(=O)n(-c3cccc(C)c3C)n2C)c(F)c1. The first-order valence-corrected chi connectivity index (χ1v) is 11.3. The largest absolute Gasteiger partial charge is 0.497 e. The van der Waals surface area contributed by atoms with Crippen LogP contribution in [0.2, 0.25) is 0 Å². The van der Waals surface area contributed by atoms with Gasteiger partial charge in [-0.2, -0.15) is 8.78 Å². The van der Waals surface area contributed by atoms with Crippen molar-refractivity contribution in [2.24, 2.45) is 7.05 Å². The van der Waals surface area contributed by atoms with Gasteiger partial charge in [0.15, 0.2) is 0 Å². The third-order valence-electron chi connectivity index (χ3n) is 6.14. The normalized spacial score (nSPS) is 11.1. The smallest absolute Gasteiger partial charge is 0.387 e. The number of aryl methyl sites for hydroxylation is 1. The van der Waals surface area contributed by atoms with Crippen LogP contribution in [-0.4, -0.2) is 29.0 Å². The monoisotopic (exact) mass is 529 g/mol. The van der Waals surface area contributed by atoms with Gasteiger partial charge in [0, 0.05) is 24.7 Å². The quantitative estimate of drug-likeness (QED) is 0.317. The summed E-state index contributed by atoms with van der Waals surface area (Å²) in [6.45, 7) is 0.597. The highest BCUT2D eigenvalue weighted by molar-refractivity contribution is 6.06. The van der Waals surface area contributed by atoms with Crippen LogP contribution in [-0.2, 0) is 7.05 Å². The summed E-state index contributed by atoms with van der Waals surface area (Å²) in [5, 5.41) is 2.46. The molecule has 38 heavy (non-hydrogen) atoms. The lowest BCUT2D eigenvalue weighted by Crippen LogP contribution is -2.23. The van der Waals surface area contributed by atoms with Gasteiger partial charge < -0.3 is 14.8 Å². The zero-order valence-corrected chi connectivity index (χ0v) is 20.8. The van der Waals surface area contributed by atoms with Crippen LogP contribution in [0.15, 0.2) is 59.4 Å². The second-order valence-corrected chi connectivity index (χ2v) is 8.41. The first kappa shape index (κ1) is 26.5. The third kappa shape index (κ3) is 4.86. The number of methoxy groups -OCH3 is 1. The molecule has 1 amide bonds. The van der Waals surface area contributed by atoms with E-state index in [-0.39, 0.29) is 28.4 Å². The second-order valence-electron chi connectivity index (χ2n) is 8.41. The van der Waals surface area contributed by atoms with Crippen molar-refractivity contribution in [3.05, 3.63) is 93.3 Å². The van der Waals surface area contributed by atoms with Gasteiger partial charge >= 0.3 is 6.61 Å². The highest BCUT2D eigenvalue weighted by atomic mass is 19.3. The first-order chi connectivity index (χ1) is 18.0. The van der Waals surface area contributed by atoms with Gasteiger partial charge in [0.2, 0.25) is 0 Å². The Hall–Kier alpha value is -4.54. The van der Waals surface area contributed by atoms with Gasteiger partial charge in [0.25, 0.3) is 11.5 Å². The van der Waals surface area contributed by atoms with Crippen LogP contribution in [0.3, 0.4) is 0 Å². The Morgan fingerprint density at radius 2 is 1.61 bits per heavy atom. The molecule has 7 nitrogen and oxygen atoms in total. The highest BCUT2D eigenvalue weighted by Gasteiger charge is 2.28. The summed E-state index contributed by atoms with van der Waals surface area (Å²) >= 11 is 0. The Kier molecular flexibility index (Phi) is 7.29. The molecule has 0 saturated heterocycles. The number of ether oxygens (including phenoxy) is 2. The van der Waals surface area contributed by atoms with E-state index >= 15 is 8.78 Å². The Morgan fingerprint density at radius 3 is 2.18 bits per heavy atom. The van der Waals surface area contributed by atoms with Gasteiger partial charge in [-0.3, -0.25) is 14.3 Å². The van der Waals surface area contributed by atoms with E-state index in [0.717, 1.165) is 35.4 Å². The summed E-state index contributed by atoms with van der Waals surface area (Å²) in [6, 6.07) is 11.9. The molecular weight excluding hydrogens is 506 g/mol. The van der Waals surface area contributed by atoms with Crippen LogP contribution in [0, 0.1) is 25.5 Å². The molecule has 0 aliphatic carbocycles. The molecule has 0 atom stereocenters. The van der Waals surface area contributed by atoms with Crippen molar-refractivity contribution in [3.8, 4) is 28.4 Å². The third-order valence-corrected chi connectivity index (χ3v) is 6.14. The van der Waals surface area contributed by atoms with Crippen LogP contribution in [0.1, 0.15) is 21.5 Å². The number of benzene rings is 3. The zero-order valence-electron chi connectivity index (χ0n) is 20.8. The van der Waals surface area contributed by atoms with E-state index in [1.165, 1.54) is 35.7 Å². The maximum Gasteiger partial charge on any atom is 0.387 e. The number of carbonyl (C=O) groups excluding carboxylic acids is 1. The minimum atomic E-state index is -3.04. The summed E-state index contributed by atoms with van der Waals surface area (Å²) < 4.78 is 67.0. The Morgan fingerprint density at radius 1 is 0.974 bits per heavy atom. The molecule has 11 heteroatoms. The molecule has 0 unspecified atom stereocenters. The average molecular weight is 529 g/mol. The molecule has 1 heterocycles. The van der Waals surface area contributed by atoms with E-state index < -0.39 is 35.3 Å². The van der Waals surface area contributed by atoms with Crippen LogP contribution in [0.25, 0.3) is 16.9 Å². The fourth-order valence-corrected chi connectivity index (χ4v) is 4.11. The molecule has 0 aliphatic heterocycles. The summed E-state index contributed by atoms with van der Waals surface area (Å²) in [5.74, 6) is -3.07. The number of anilines is 1. The average Bonchev–Trinajstić information content (AvgIpc) is 3.09. The lowest BCUT2D eigenvalue weighted by Gasteiger charge is -2.15. The second kappa shape index (κ2) is 10.4. The maximum absolute atomic E-state index is 15.2. The topological polar surface area (TPSA) is 74.5 Å². The summed E-state index contributed by atoms with van der Waals surface area (Å²) in [7, 11) is 2.69. The molecule has 0 bridgehead atoms. The Bertz CT molecular complexity index is 1550. The van der Waals surface area contributed by atoms with Gasteiger partial charge in [0.1, 0.15) is 34.5 Å². The molecule has 3 aromatic carbocycles. The number of carbonyl (C=O) groups is 1. The van der Waals surface area contributed by atoms with Gasteiger partial charge in [-0.25, -0.2) is 13.5 Å². The minimum Gasteiger partial charge on any atom is -0.497 e. The van der Waals surface area contributed by atoms with E-state index in [0.29, 0.717) is 5.69 Å². The summed E-state index contributed by atoms with van der Waals surface area (Å²) in [6.07, 6.45) is 0. The van der Waals surface area contributed by atoms with Crippen molar-refractivity contribution in [1.82, 2.24) is 9.36 Å². The van der Waals surface area contributed by atoms with Gasteiger partial charge in [-0.15, -0.1) is 0 Å². The van der Waals surface area contributed by atoms with Crippen LogP contribution in [0.5, 0.6) is 11.5 Å². The molecular formula is C27H23F4N3O4. The predicted octanol–water partition coefficient (Wildman–Crippen LogP) is 5.60. The van der Waals surface area contributed by atoms with Crippen molar-refractivity contribution in [2.45, 2.75) is 20.5 Å². The van der Waals surface area contributed by atoms with E-state index in [4.69, 9.17) is 4.74 Å². The summed E-state index contributed by atoms with van der Waals surface area (Å²) in [4.78, 5) is 26.8. The van der Waals surface area contributed by atoms with Crippen molar-refractivity contribution in [2.75, 3.05) is 12.4 Å². The van der Waals surface area contributed by atoms with Crippen molar-refractivity contribution < 1.29 is 31.8 Å². The van der Waals surface area contributed by atoms with Crippen LogP contribution in [0.4, 0.5) is 23.2 Å². The van der Waals surface area contributed by atoms with Gasteiger partial charge in [-0.1, -0.05) is 12.1 Å². The van der Waals surface area contributed by atoms with Crippen molar-refractivity contribution >= 4 is 11.6 Å². The number of hydrogen-bond donors (Lipinski definition) is 1. The number of rotatable bonds is 7. The number of aromatic nitrogens is 2. The van der Waals surface area contributed by atoms with E-state index in [1.807, 2.05) is 13.0 Å². The lowest BCUT2D eigenvalue weighted by atomic mass is 10.1. The molecule has 0 radical (unpaired) electrons. The Labute approximate surface area is 214 Å². The number of hydrogen-bond acceptors (Lipinski definition) is 4. The Balaban J connectivity index is 1.90. The number of nitrogens with one attached hydrogen (secondary N) is 1. The first-order valence-electron chi connectivity index (χ1n) is 11.3. The predicted molar refractivity (Wildman–Crippen MR) is 133 cm³/mol. The number of nitrogens with zero attached hydrogens (tertiary/aromatic N) is 2. The minimum absolute atomic E-state index is 0.00483. The molecule has 4 rings (SSSR count). The lowest BCUT2D eigenvalue weighted by molar-refractivity contribution is -0.0498. The molecule has 1 aromatic heterocycles.